The fourth-order valence-corrected chi connectivity index (χ4v) is 3.55. The molecular formula is C9H18N2O2S. The summed E-state index contributed by atoms with van der Waals surface area (Å²) in [5.74, 6) is 0. The average Bonchev–Trinajstić information content (AvgIpc) is 2.88. The van der Waals surface area contributed by atoms with Crippen LogP contribution in [0.1, 0.15) is 25.7 Å². The van der Waals surface area contributed by atoms with Gasteiger partial charge in [-0.2, -0.15) is 0 Å². The zero-order chi connectivity index (χ0) is 10.2. The molecule has 1 saturated heterocycles. The minimum absolute atomic E-state index is 0.153. The van der Waals surface area contributed by atoms with Crippen LogP contribution in [0, 0.1) is 0 Å². The molecule has 0 spiro atoms. The lowest BCUT2D eigenvalue weighted by Gasteiger charge is -2.28. The Hall–Kier alpha value is -0.130. The molecule has 0 aromatic heterocycles. The first-order valence-electron chi connectivity index (χ1n) is 5.27. The van der Waals surface area contributed by atoms with Crippen molar-refractivity contribution in [1.82, 2.24) is 9.62 Å². The molecule has 1 aliphatic carbocycles. The first-order valence-corrected chi connectivity index (χ1v) is 6.82. The van der Waals surface area contributed by atoms with Crippen molar-refractivity contribution in [3.05, 3.63) is 0 Å². The van der Waals surface area contributed by atoms with Gasteiger partial charge in [0, 0.05) is 6.04 Å². The van der Waals surface area contributed by atoms with Crippen LogP contribution in [0.3, 0.4) is 0 Å². The van der Waals surface area contributed by atoms with Crippen molar-refractivity contribution >= 4 is 10.0 Å². The minimum Gasteiger partial charge on any atom is -0.306 e. The van der Waals surface area contributed by atoms with Crippen LogP contribution in [0.5, 0.6) is 0 Å². The van der Waals surface area contributed by atoms with Gasteiger partial charge in [0.2, 0.25) is 10.0 Å². The molecule has 14 heavy (non-hydrogen) atoms. The fraction of sp³-hybridized carbons (Fsp3) is 1.00. The number of sulfonamides is 1. The van der Waals surface area contributed by atoms with E-state index in [1.165, 1.54) is 0 Å². The third kappa shape index (κ3) is 2.46. The van der Waals surface area contributed by atoms with Gasteiger partial charge in [0.25, 0.3) is 0 Å². The number of rotatable bonds is 3. The molecule has 0 bridgehead atoms. The predicted molar refractivity (Wildman–Crippen MR) is 55.6 cm³/mol. The second kappa shape index (κ2) is 3.79. The summed E-state index contributed by atoms with van der Waals surface area (Å²) in [4.78, 5) is 2.18. The summed E-state index contributed by atoms with van der Waals surface area (Å²) < 4.78 is 26.4. The van der Waals surface area contributed by atoms with E-state index in [1.807, 2.05) is 7.05 Å². The highest BCUT2D eigenvalue weighted by atomic mass is 32.2. The molecule has 0 aromatic carbocycles. The Bertz CT molecular complexity index is 290. The van der Waals surface area contributed by atoms with Gasteiger partial charge in [-0.25, -0.2) is 13.1 Å². The SMILES string of the molecule is CN1CCC(S(=O)(=O)NC2CC2)CC1. The third-order valence-corrected chi connectivity index (χ3v) is 5.02. The average molecular weight is 218 g/mol. The van der Waals surface area contributed by atoms with Crippen molar-refractivity contribution < 1.29 is 8.42 Å². The van der Waals surface area contributed by atoms with Crippen LogP contribution in [0.2, 0.25) is 0 Å². The third-order valence-electron chi connectivity index (χ3n) is 3.01. The van der Waals surface area contributed by atoms with E-state index in [2.05, 4.69) is 9.62 Å². The first-order chi connectivity index (χ1) is 6.58. The maximum atomic E-state index is 11.8. The molecule has 1 heterocycles. The highest BCUT2D eigenvalue weighted by Crippen LogP contribution is 2.23. The Morgan fingerprint density at radius 1 is 1.14 bits per heavy atom. The van der Waals surface area contributed by atoms with E-state index in [4.69, 9.17) is 0 Å². The van der Waals surface area contributed by atoms with Crippen LogP contribution in [-0.4, -0.2) is 44.7 Å². The summed E-state index contributed by atoms with van der Waals surface area (Å²) in [6.45, 7) is 1.80. The van der Waals surface area contributed by atoms with Gasteiger partial charge in [-0.1, -0.05) is 0 Å². The summed E-state index contributed by atoms with van der Waals surface area (Å²) in [5, 5.41) is -0.153. The zero-order valence-electron chi connectivity index (χ0n) is 8.57. The molecule has 1 aliphatic heterocycles. The highest BCUT2D eigenvalue weighted by Gasteiger charge is 2.33. The quantitative estimate of drug-likeness (QED) is 0.734. The molecule has 0 atom stereocenters. The van der Waals surface area contributed by atoms with Gasteiger partial charge in [-0.05, 0) is 45.8 Å². The number of nitrogens with zero attached hydrogens (tertiary/aromatic N) is 1. The lowest BCUT2D eigenvalue weighted by Crippen LogP contribution is -2.42. The van der Waals surface area contributed by atoms with Gasteiger partial charge >= 0.3 is 0 Å². The molecule has 1 saturated carbocycles. The van der Waals surface area contributed by atoms with E-state index in [0.29, 0.717) is 0 Å². The predicted octanol–water partition coefficient (Wildman–Crippen LogP) is 0.162. The Balaban J connectivity index is 1.92. The molecule has 2 rings (SSSR count). The normalized spacial score (nSPS) is 26.6. The van der Waals surface area contributed by atoms with Crippen molar-refractivity contribution in [3.8, 4) is 0 Å². The zero-order valence-corrected chi connectivity index (χ0v) is 9.39. The number of likely N-dealkylation sites (tertiary alicyclic amines) is 1. The smallest absolute Gasteiger partial charge is 0.214 e. The maximum Gasteiger partial charge on any atom is 0.214 e. The fourth-order valence-electron chi connectivity index (χ4n) is 1.82. The van der Waals surface area contributed by atoms with E-state index < -0.39 is 10.0 Å². The Morgan fingerprint density at radius 3 is 2.21 bits per heavy atom. The van der Waals surface area contributed by atoms with Gasteiger partial charge in [0.05, 0.1) is 5.25 Å². The Labute approximate surface area is 85.7 Å². The standard InChI is InChI=1S/C9H18N2O2S/c1-11-6-4-9(5-7-11)14(12,13)10-8-2-3-8/h8-10H,2-7H2,1H3. The lowest BCUT2D eigenvalue weighted by molar-refractivity contribution is 0.277. The van der Waals surface area contributed by atoms with Gasteiger partial charge < -0.3 is 4.90 Å². The van der Waals surface area contributed by atoms with Crippen LogP contribution < -0.4 is 4.72 Å². The lowest BCUT2D eigenvalue weighted by atomic mass is 10.1. The largest absolute Gasteiger partial charge is 0.306 e. The van der Waals surface area contributed by atoms with Gasteiger partial charge in [-0.15, -0.1) is 0 Å². The number of hydrogen-bond acceptors (Lipinski definition) is 3. The molecule has 4 nitrogen and oxygen atoms in total. The molecule has 0 amide bonds. The molecule has 1 N–H and O–H groups in total. The van der Waals surface area contributed by atoms with Crippen LogP contribution in [0.15, 0.2) is 0 Å². The summed E-state index contributed by atoms with van der Waals surface area (Å²) >= 11 is 0. The number of nitrogens with one attached hydrogen (secondary N) is 1. The molecule has 5 heteroatoms. The van der Waals surface area contributed by atoms with Crippen LogP contribution in [-0.2, 0) is 10.0 Å². The maximum absolute atomic E-state index is 11.8. The number of piperidine rings is 1. The summed E-state index contributed by atoms with van der Waals surface area (Å²) in [6.07, 6.45) is 3.59. The van der Waals surface area contributed by atoms with Gasteiger partial charge in [0.1, 0.15) is 0 Å². The topological polar surface area (TPSA) is 49.4 Å². The van der Waals surface area contributed by atoms with Crippen molar-refractivity contribution in [2.75, 3.05) is 20.1 Å². The van der Waals surface area contributed by atoms with Gasteiger partial charge in [-0.3, -0.25) is 0 Å². The molecule has 0 aromatic rings. The minimum atomic E-state index is -3.02. The molecular weight excluding hydrogens is 200 g/mol. The van der Waals surface area contributed by atoms with Crippen molar-refractivity contribution in [3.63, 3.8) is 0 Å². The van der Waals surface area contributed by atoms with E-state index in [-0.39, 0.29) is 11.3 Å². The van der Waals surface area contributed by atoms with Crippen molar-refractivity contribution in [2.24, 2.45) is 0 Å². The molecule has 0 radical (unpaired) electrons. The second-order valence-corrected chi connectivity index (χ2v) is 6.43. The summed E-state index contributed by atoms with van der Waals surface area (Å²) in [6, 6.07) is 0.250. The summed E-state index contributed by atoms with van der Waals surface area (Å²) in [5.41, 5.74) is 0. The van der Waals surface area contributed by atoms with Gasteiger partial charge in [0.15, 0.2) is 0 Å². The van der Waals surface area contributed by atoms with E-state index in [9.17, 15) is 8.42 Å². The van der Waals surface area contributed by atoms with E-state index in [1.54, 1.807) is 0 Å². The molecule has 2 fully saturated rings. The number of hydrogen-bond donors (Lipinski definition) is 1. The van der Waals surface area contributed by atoms with Crippen LogP contribution in [0.4, 0.5) is 0 Å². The molecule has 2 aliphatic rings. The van der Waals surface area contributed by atoms with E-state index in [0.717, 1.165) is 38.8 Å². The summed E-state index contributed by atoms with van der Waals surface area (Å²) in [7, 11) is -0.981. The highest BCUT2D eigenvalue weighted by molar-refractivity contribution is 7.90. The Morgan fingerprint density at radius 2 is 1.71 bits per heavy atom. The Kier molecular flexibility index (Phi) is 2.81. The molecule has 0 unspecified atom stereocenters. The van der Waals surface area contributed by atoms with Crippen LogP contribution in [0.25, 0.3) is 0 Å². The van der Waals surface area contributed by atoms with Crippen LogP contribution >= 0.6 is 0 Å². The first kappa shape index (κ1) is 10.4. The monoisotopic (exact) mass is 218 g/mol. The van der Waals surface area contributed by atoms with E-state index >= 15 is 0 Å². The van der Waals surface area contributed by atoms with Crippen molar-refractivity contribution in [2.45, 2.75) is 37.0 Å². The second-order valence-electron chi connectivity index (χ2n) is 4.44. The molecule has 82 valence electrons. The van der Waals surface area contributed by atoms with Crippen molar-refractivity contribution in [1.29, 1.82) is 0 Å².